The van der Waals surface area contributed by atoms with Crippen LogP contribution in [-0.4, -0.2) is 6.03 Å². The molecule has 1 aliphatic heterocycles. The van der Waals surface area contributed by atoms with Crippen LogP contribution in [0.5, 0.6) is 0 Å². The summed E-state index contributed by atoms with van der Waals surface area (Å²) in [4.78, 5) is 10.6. The third-order valence-corrected chi connectivity index (χ3v) is 1.41. The van der Waals surface area contributed by atoms with Crippen LogP contribution in [0.3, 0.4) is 0 Å². The van der Waals surface area contributed by atoms with E-state index in [9.17, 15) is 4.79 Å². The van der Waals surface area contributed by atoms with Crippen LogP contribution in [0.25, 0.3) is 0 Å². The first-order valence-corrected chi connectivity index (χ1v) is 2.97. The van der Waals surface area contributed by atoms with E-state index in [1.54, 1.807) is 6.26 Å². The first kappa shape index (κ1) is 5.34. The largest absolute Gasteiger partial charge is 0.448 e. The predicted molar refractivity (Wildman–Crippen MR) is 34.6 cm³/mol. The Morgan fingerprint density at radius 1 is 1.60 bits per heavy atom. The summed E-state index contributed by atoms with van der Waals surface area (Å²) in [5.74, 6) is 0.559. The molecule has 4 nitrogen and oxygen atoms in total. The molecule has 0 aliphatic carbocycles. The highest BCUT2D eigenvalue weighted by Gasteiger charge is 2.15. The highest BCUT2D eigenvalue weighted by Crippen LogP contribution is 2.18. The fourth-order valence-electron chi connectivity index (χ4n) is 0.907. The Morgan fingerprint density at radius 3 is 3.40 bits per heavy atom. The Kier molecular flexibility index (Phi) is 0.943. The van der Waals surface area contributed by atoms with Crippen LogP contribution in [0, 0.1) is 0 Å². The molecule has 1 aromatic rings. The van der Waals surface area contributed by atoms with Crippen LogP contribution < -0.4 is 10.6 Å². The van der Waals surface area contributed by atoms with Gasteiger partial charge in [0.2, 0.25) is 5.88 Å². The molecule has 0 atom stereocenters. The van der Waals surface area contributed by atoms with E-state index in [1.807, 2.05) is 6.07 Å². The van der Waals surface area contributed by atoms with Gasteiger partial charge in [-0.3, -0.25) is 5.32 Å². The molecule has 10 heavy (non-hydrogen) atoms. The molecule has 2 heterocycles. The molecule has 2 amide bonds. The average molecular weight is 138 g/mol. The van der Waals surface area contributed by atoms with Gasteiger partial charge in [0.15, 0.2) is 0 Å². The van der Waals surface area contributed by atoms with Crippen molar-refractivity contribution in [2.75, 3.05) is 5.32 Å². The molecule has 0 spiro atoms. The van der Waals surface area contributed by atoms with Crippen molar-refractivity contribution in [2.24, 2.45) is 0 Å². The van der Waals surface area contributed by atoms with Crippen LogP contribution in [0.2, 0.25) is 0 Å². The number of carbonyl (C=O) groups excluding carboxylic acids is 1. The van der Waals surface area contributed by atoms with Gasteiger partial charge in [-0.15, -0.1) is 0 Å². The minimum Gasteiger partial charge on any atom is -0.448 e. The molecule has 0 radical (unpaired) electrons. The lowest BCUT2D eigenvalue weighted by Crippen LogP contribution is -2.32. The number of nitrogens with one attached hydrogen (secondary N) is 2. The second kappa shape index (κ2) is 1.76. The molecule has 2 rings (SSSR count). The Hall–Kier alpha value is -1.45. The number of hydrogen-bond acceptors (Lipinski definition) is 2. The standard InChI is InChI=1S/C6H6N2O2/c9-6-7-3-4-1-2-10-5(4)8-6/h1-2H,3H2,(H2,7,8,9). The molecule has 0 unspecified atom stereocenters. The molecule has 2 N–H and O–H groups in total. The van der Waals surface area contributed by atoms with Gasteiger partial charge in [-0.25, -0.2) is 4.79 Å². The van der Waals surface area contributed by atoms with Gasteiger partial charge in [-0.1, -0.05) is 0 Å². The summed E-state index contributed by atoms with van der Waals surface area (Å²) < 4.78 is 4.95. The van der Waals surface area contributed by atoms with Gasteiger partial charge >= 0.3 is 6.03 Å². The molecule has 0 saturated carbocycles. The van der Waals surface area contributed by atoms with Crippen LogP contribution >= 0.6 is 0 Å². The summed E-state index contributed by atoms with van der Waals surface area (Å²) >= 11 is 0. The number of urea groups is 1. The summed E-state index contributed by atoms with van der Waals surface area (Å²) in [5.41, 5.74) is 0.986. The van der Waals surface area contributed by atoms with E-state index in [0.29, 0.717) is 12.4 Å². The molecule has 0 bridgehead atoms. The van der Waals surface area contributed by atoms with Crippen molar-refractivity contribution in [3.05, 3.63) is 17.9 Å². The summed E-state index contributed by atoms with van der Waals surface area (Å²) in [7, 11) is 0. The van der Waals surface area contributed by atoms with E-state index in [0.717, 1.165) is 5.56 Å². The van der Waals surface area contributed by atoms with Gasteiger partial charge in [0.05, 0.1) is 6.26 Å². The van der Waals surface area contributed by atoms with Crippen molar-refractivity contribution in [1.82, 2.24) is 5.32 Å². The predicted octanol–water partition coefficient (Wildman–Crippen LogP) is 0.915. The van der Waals surface area contributed by atoms with E-state index in [2.05, 4.69) is 10.6 Å². The fraction of sp³-hybridized carbons (Fsp3) is 0.167. The SMILES string of the molecule is O=C1NCc2ccoc2N1. The van der Waals surface area contributed by atoms with Crippen molar-refractivity contribution in [1.29, 1.82) is 0 Å². The van der Waals surface area contributed by atoms with Gasteiger partial charge in [0.25, 0.3) is 0 Å². The van der Waals surface area contributed by atoms with Crippen molar-refractivity contribution in [2.45, 2.75) is 6.54 Å². The van der Waals surface area contributed by atoms with Gasteiger partial charge < -0.3 is 9.73 Å². The van der Waals surface area contributed by atoms with Crippen LogP contribution in [0.1, 0.15) is 5.56 Å². The van der Waals surface area contributed by atoms with Gasteiger partial charge in [0.1, 0.15) is 0 Å². The van der Waals surface area contributed by atoms with E-state index in [1.165, 1.54) is 0 Å². The lowest BCUT2D eigenvalue weighted by molar-refractivity contribution is 0.250. The number of anilines is 1. The lowest BCUT2D eigenvalue weighted by atomic mass is 10.3. The Morgan fingerprint density at radius 2 is 2.50 bits per heavy atom. The average Bonchev–Trinajstić information content (AvgIpc) is 2.33. The quantitative estimate of drug-likeness (QED) is 0.560. The molecule has 0 saturated heterocycles. The first-order valence-electron chi connectivity index (χ1n) is 2.97. The molecule has 0 fully saturated rings. The van der Waals surface area contributed by atoms with E-state index in [4.69, 9.17) is 4.42 Å². The topological polar surface area (TPSA) is 54.3 Å². The van der Waals surface area contributed by atoms with Gasteiger partial charge in [0, 0.05) is 12.1 Å². The van der Waals surface area contributed by atoms with Crippen LogP contribution in [-0.2, 0) is 6.54 Å². The van der Waals surface area contributed by atoms with Crippen molar-refractivity contribution < 1.29 is 9.21 Å². The van der Waals surface area contributed by atoms with E-state index < -0.39 is 0 Å². The monoisotopic (exact) mass is 138 g/mol. The summed E-state index contributed by atoms with van der Waals surface area (Å²) in [6.07, 6.45) is 1.55. The zero-order valence-corrected chi connectivity index (χ0v) is 5.18. The minimum absolute atomic E-state index is 0.206. The highest BCUT2D eigenvalue weighted by molar-refractivity contribution is 5.90. The summed E-state index contributed by atoms with van der Waals surface area (Å²) in [6, 6.07) is 1.62. The number of fused-ring (bicyclic) bond motifs is 1. The Bertz CT molecular complexity index is 266. The molecule has 4 heteroatoms. The second-order valence-corrected chi connectivity index (χ2v) is 2.08. The number of furan rings is 1. The summed E-state index contributed by atoms with van der Waals surface area (Å²) in [5, 5.41) is 5.14. The van der Waals surface area contributed by atoms with Crippen LogP contribution in [0.15, 0.2) is 16.7 Å². The number of amides is 2. The molecular formula is C6H6N2O2. The molecular weight excluding hydrogens is 132 g/mol. The minimum atomic E-state index is -0.206. The third-order valence-electron chi connectivity index (χ3n) is 1.41. The van der Waals surface area contributed by atoms with Gasteiger partial charge in [-0.2, -0.15) is 0 Å². The number of rotatable bonds is 0. The van der Waals surface area contributed by atoms with E-state index in [-0.39, 0.29) is 6.03 Å². The number of carbonyl (C=O) groups is 1. The Balaban J connectivity index is 2.39. The molecule has 0 aromatic carbocycles. The van der Waals surface area contributed by atoms with Crippen molar-refractivity contribution in [3.8, 4) is 0 Å². The smallest absolute Gasteiger partial charge is 0.321 e. The zero-order valence-electron chi connectivity index (χ0n) is 5.18. The zero-order chi connectivity index (χ0) is 6.97. The van der Waals surface area contributed by atoms with Crippen molar-refractivity contribution >= 4 is 11.9 Å². The van der Waals surface area contributed by atoms with Crippen molar-refractivity contribution in [3.63, 3.8) is 0 Å². The number of hydrogen-bond donors (Lipinski definition) is 2. The fourth-order valence-corrected chi connectivity index (χ4v) is 0.907. The molecule has 52 valence electrons. The first-order chi connectivity index (χ1) is 4.86. The highest BCUT2D eigenvalue weighted by atomic mass is 16.3. The third kappa shape index (κ3) is 0.655. The Labute approximate surface area is 57.2 Å². The maximum atomic E-state index is 10.6. The van der Waals surface area contributed by atoms with Crippen LogP contribution in [0.4, 0.5) is 10.7 Å². The maximum Gasteiger partial charge on any atom is 0.321 e. The maximum absolute atomic E-state index is 10.6. The normalized spacial score (nSPS) is 15.4. The van der Waals surface area contributed by atoms with Gasteiger partial charge in [-0.05, 0) is 6.07 Å². The summed E-state index contributed by atoms with van der Waals surface area (Å²) in [6.45, 7) is 0.553. The molecule has 1 aromatic heterocycles. The lowest BCUT2D eigenvalue weighted by Gasteiger charge is -2.11. The van der Waals surface area contributed by atoms with E-state index >= 15 is 0 Å². The second-order valence-electron chi connectivity index (χ2n) is 2.08. The molecule has 1 aliphatic rings.